The maximum absolute atomic E-state index is 5.32. The molecule has 0 radical (unpaired) electrons. The molecule has 0 N–H and O–H groups in total. The van der Waals surface area contributed by atoms with Crippen LogP contribution in [0.5, 0.6) is 0 Å². The maximum atomic E-state index is 5.32. The summed E-state index contributed by atoms with van der Waals surface area (Å²) in [5.74, 6) is 0. The zero-order valence-electron chi connectivity index (χ0n) is 14.5. The molecule has 0 spiro atoms. The predicted octanol–water partition coefficient (Wildman–Crippen LogP) is 5.60. The van der Waals surface area contributed by atoms with E-state index in [1.54, 1.807) is 14.2 Å². The molecule has 0 aliphatic rings. The van der Waals surface area contributed by atoms with Gasteiger partial charge in [0.25, 0.3) is 0 Å². The lowest BCUT2D eigenvalue weighted by molar-refractivity contribution is 0.0151. The molecule has 0 aromatic carbocycles. The van der Waals surface area contributed by atoms with Crippen molar-refractivity contribution in [1.29, 1.82) is 0 Å². The summed E-state index contributed by atoms with van der Waals surface area (Å²) in [7, 11) is 3.57. The third-order valence-corrected chi connectivity index (χ3v) is 4.12. The van der Waals surface area contributed by atoms with Crippen LogP contribution in [0.2, 0.25) is 0 Å². The Bertz CT molecular complexity index is 186. The van der Waals surface area contributed by atoms with Gasteiger partial charge in [0, 0.05) is 19.6 Å². The highest BCUT2D eigenvalue weighted by Crippen LogP contribution is 2.25. The average molecular weight is 286 g/mol. The van der Waals surface area contributed by atoms with E-state index in [-0.39, 0.29) is 5.41 Å². The summed E-state index contributed by atoms with van der Waals surface area (Å²) in [5, 5.41) is 0. The molecule has 20 heavy (non-hydrogen) atoms. The smallest absolute Gasteiger partial charge is 0.0538 e. The summed E-state index contributed by atoms with van der Waals surface area (Å²) in [4.78, 5) is 0. The standard InChI is InChI=1S/C18H38O2/c1-5-6-7-8-9-10-11-12-13-14-15-18(2,16-19-3)17-20-4/h5-17H2,1-4H3. The lowest BCUT2D eigenvalue weighted by Gasteiger charge is -2.27. The number of rotatable bonds is 15. The number of unbranched alkanes of at least 4 members (excludes halogenated alkanes) is 9. The first-order valence-corrected chi connectivity index (χ1v) is 8.66. The quantitative estimate of drug-likeness (QED) is 0.365. The van der Waals surface area contributed by atoms with E-state index in [2.05, 4.69) is 13.8 Å². The van der Waals surface area contributed by atoms with Gasteiger partial charge in [-0.05, 0) is 6.42 Å². The summed E-state index contributed by atoms with van der Waals surface area (Å²) in [6, 6.07) is 0. The van der Waals surface area contributed by atoms with Crippen LogP contribution in [-0.4, -0.2) is 27.4 Å². The van der Waals surface area contributed by atoms with Gasteiger partial charge in [-0.25, -0.2) is 0 Å². The van der Waals surface area contributed by atoms with Crippen LogP contribution in [0, 0.1) is 5.41 Å². The first-order valence-electron chi connectivity index (χ1n) is 8.66. The van der Waals surface area contributed by atoms with E-state index in [4.69, 9.17) is 9.47 Å². The van der Waals surface area contributed by atoms with E-state index in [1.165, 1.54) is 70.6 Å². The molecule has 0 heterocycles. The Labute approximate surface area is 127 Å². The predicted molar refractivity (Wildman–Crippen MR) is 88.3 cm³/mol. The highest BCUT2D eigenvalue weighted by atomic mass is 16.5. The minimum atomic E-state index is 0.198. The first-order chi connectivity index (χ1) is 9.68. The van der Waals surface area contributed by atoms with Crippen LogP contribution in [0.25, 0.3) is 0 Å². The van der Waals surface area contributed by atoms with Crippen molar-refractivity contribution in [2.75, 3.05) is 27.4 Å². The normalized spacial score (nSPS) is 12.0. The summed E-state index contributed by atoms with van der Waals surface area (Å²) in [5.41, 5.74) is 0.198. The molecule has 0 saturated carbocycles. The Morgan fingerprint density at radius 3 is 1.45 bits per heavy atom. The fourth-order valence-electron chi connectivity index (χ4n) is 2.92. The van der Waals surface area contributed by atoms with E-state index in [0.29, 0.717) is 0 Å². The second kappa shape index (κ2) is 13.9. The lowest BCUT2D eigenvalue weighted by atomic mass is 9.86. The van der Waals surface area contributed by atoms with Crippen molar-refractivity contribution in [2.45, 2.75) is 84.5 Å². The molecule has 2 heteroatoms. The van der Waals surface area contributed by atoms with Gasteiger partial charge in [0.2, 0.25) is 0 Å². The molecule has 0 fully saturated rings. The first kappa shape index (κ1) is 19.9. The van der Waals surface area contributed by atoms with Crippen LogP contribution in [0.3, 0.4) is 0 Å². The van der Waals surface area contributed by atoms with Gasteiger partial charge in [-0.2, -0.15) is 0 Å². The topological polar surface area (TPSA) is 18.5 Å². The molecule has 0 bridgehead atoms. The van der Waals surface area contributed by atoms with E-state index in [1.807, 2.05) is 0 Å². The summed E-state index contributed by atoms with van der Waals surface area (Å²) < 4.78 is 10.6. The van der Waals surface area contributed by atoms with E-state index < -0.39 is 0 Å². The Morgan fingerprint density at radius 2 is 1.05 bits per heavy atom. The molecule has 0 amide bonds. The molecule has 0 aromatic heterocycles. The second-order valence-corrected chi connectivity index (χ2v) is 6.61. The minimum absolute atomic E-state index is 0.198. The van der Waals surface area contributed by atoms with Gasteiger partial charge in [0.15, 0.2) is 0 Å². The maximum Gasteiger partial charge on any atom is 0.0538 e. The van der Waals surface area contributed by atoms with Crippen molar-refractivity contribution in [3.05, 3.63) is 0 Å². The highest BCUT2D eigenvalue weighted by Gasteiger charge is 2.23. The zero-order chi connectivity index (χ0) is 15.1. The molecule has 122 valence electrons. The Hall–Kier alpha value is -0.0800. The van der Waals surface area contributed by atoms with Gasteiger partial charge in [0.05, 0.1) is 13.2 Å². The fourth-order valence-corrected chi connectivity index (χ4v) is 2.92. The van der Waals surface area contributed by atoms with Crippen molar-refractivity contribution >= 4 is 0 Å². The number of methoxy groups -OCH3 is 2. The molecule has 0 atom stereocenters. The molecular weight excluding hydrogens is 248 g/mol. The minimum Gasteiger partial charge on any atom is -0.384 e. The largest absolute Gasteiger partial charge is 0.384 e. The van der Waals surface area contributed by atoms with E-state index in [0.717, 1.165) is 13.2 Å². The van der Waals surface area contributed by atoms with Crippen molar-refractivity contribution in [3.63, 3.8) is 0 Å². The summed E-state index contributed by atoms with van der Waals surface area (Å²) in [6.07, 6.45) is 15.2. The van der Waals surface area contributed by atoms with Crippen LogP contribution in [0.4, 0.5) is 0 Å². The van der Waals surface area contributed by atoms with Crippen LogP contribution >= 0.6 is 0 Å². The van der Waals surface area contributed by atoms with Crippen molar-refractivity contribution in [2.24, 2.45) is 5.41 Å². The monoisotopic (exact) mass is 286 g/mol. The number of hydrogen-bond donors (Lipinski definition) is 0. The van der Waals surface area contributed by atoms with Gasteiger partial charge < -0.3 is 9.47 Å². The summed E-state index contributed by atoms with van der Waals surface area (Å²) in [6.45, 7) is 6.16. The van der Waals surface area contributed by atoms with Crippen molar-refractivity contribution in [3.8, 4) is 0 Å². The van der Waals surface area contributed by atoms with Gasteiger partial charge in [-0.3, -0.25) is 0 Å². The van der Waals surface area contributed by atoms with Gasteiger partial charge >= 0.3 is 0 Å². The third kappa shape index (κ3) is 11.7. The Kier molecular flexibility index (Phi) is 13.8. The number of hydrogen-bond acceptors (Lipinski definition) is 2. The van der Waals surface area contributed by atoms with Gasteiger partial charge in [-0.1, -0.05) is 78.1 Å². The molecule has 0 aromatic rings. The van der Waals surface area contributed by atoms with E-state index >= 15 is 0 Å². The lowest BCUT2D eigenvalue weighted by Crippen LogP contribution is -2.28. The van der Waals surface area contributed by atoms with Crippen LogP contribution in [0.1, 0.15) is 84.5 Å². The number of ether oxygens (including phenoxy) is 2. The summed E-state index contributed by atoms with van der Waals surface area (Å²) >= 11 is 0. The van der Waals surface area contributed by atoms with E-state index in [9.17, 15) is 0 Å². The van der Waals surface area contributed by atoms with Crippen LogP contribution in [-0.2, 0) is 9.47 Å². The SMILES string of the molecule is CCCCCCCCCCCCC(C)(COC)COC. The molecule has 0 aliphatic carbocycles. The Balaban J connectivity index is 3.41. The fraction of sp³-hybridized carbons (Fsp3) is 1.00. The average Bonchev–Trinajstić information content (AvgIpc) is 2.41. The molecule has 0 aliphatic heterocycles. The van der Waals surface area contributed by atoms with Crippen molar-refractivity contribution in [1.82, 2.24) is 0 Å². The molecular formula is C18H38O2. The highest BCUT2D eigenvalue weighted by molar-refractivity contribution is 4.73. The van der Waals surface area contributed by atoms with Gasteiger partial charge in [-0.15, -0.1) is 0 Å². The second-order valence-electron chi connectivity index (χ2n) is 6.61. The molecule has 0 unspecified atom stereocenters. The van der Waals surface area contributed by atoms with Crippen LogP contribution < -0.4 is 0 Å². The zero-order valence-corrected chi connectivity index (χ0v) is 14.5. The molecule has 0 rings (SSSR count). The van der Waals surface area contributed by atoms with Crippen LogP contribution in [0.15, 0.2) is 0 Å². The molecule has 2 nitrogen and oxygen atoms in total. The third-order valence-electron chi connectivity index (χ3n) is 4.12. The van der Waals surface area contributed by atoms with Gasteiger partial charge in [0.1, 0.15) is 0 Å². The van der Waals surface area contributed by atoms with Crippen molar-refractivity contribution < 1.29 is 9.47 Å². The Morgan fingerprint density at radius 1 is 0.650 bits per heavy atom. The molecule has 0 saturated heterocycles.